The van der Waals surface area contributed by atoms with Crippen molar-refractivity contribution in [1.82, 2.24) is 15.6 Å². The van der Waals surface area contributed by atoms with E-state index < -0.39 is 16.0 Å². The number of anilines is 1. The number of aryl methyl sites for hydroxylation is 1. The summed E-state index contributed by atoms with van der Waals surface area (Å²) < 4.78 is 35.5. The minimum Gasteiger partial charge on any atom is -0.493 e. The fourth-order valence-electron chi connectivity index (χ4n) is 3.19. The Labute approximate surface area is 228 Å². The van der Waals surface area contributed by atoms with Crippen LogP contribution in [-0.4, -0.2) is 43.8 Å². The van der Waals surface area contributed by atoms with Crippen LogP contribution < -0.4 is 19.7 Å². The molecule has 13 heteroatoms. The third kappa shape index (κ3) is 7.46. The van der Waals surface area contributed by atoms with E-state index in [1.54, 1.807) is 36.4 Å². The van der Waals surface area contributed by atoms with Crippen LogP contribution in [0.3, 0.4) is 0 Å². The second-order valence-electron chi connectivity index (χ2n) is 8.05. The van der Waals surface area contributed by atoms with E-state index in [0.717, 1.165) is 16.9 Å². The zero-order valence-electron chi connectivity index (χ0n) is 20.8. The van der Waals surface area contributed by atoms with Crippen LogP contribution >= 0.6 is 11.3 Å². The molecular weight excluding hydrogens is 542 g/mol. The van der Waals surface area contributed by atoms with E-state index in [9.17, 15) is 18.0 Å². The Bertz CT molecular complexity index is 1600. The van der Waals surface area contributed by atoms with E-state index >= 15 is 0 Å². The van der Waals surface area contributed by atoms with E-state index in [2.05, 4.69) is 26.0 Å². The van der Waals surface area contributed by atoms with E-state index in [1.807, 2.05) is 19.1 Å². The standard InChI is InChI=1S/C26H23N5O6S2/c1-17-8-11-19(12-9-17)25(33)28-26-31-30-24(38-26)15-23(32)29-27-16-18-10-13-21(22(14-18)36-2)37-39(34,35)20-6-4-3-5-7-20/h3-14,16H,15H2,1-2H3,(H,29,32)(H,28,31,33). The lowest BCUT2D eigenvalue weighted by molar-refractivity contribution is -0.120. The van der Waals surface area contributed by atoms with Crippen molar-refractivity contribution >= 4 is 44.6 Å². The summed E-state index contributed by atoms with van der Waals surface area (Å²) in [6.07, 6.45) is 1.27. The van der Waals surface area contributed by atoms with Gasteiger partial charge in [-0.05, 0) is 55.0 Å². The number of hydrogen-bond donors (Lipinski definition) is 2. The molecule has 0 bridgehead atoms. The molecule has 0 aliphatic carbocycles. The smallest absolute Gasteiger partial charge is 0.339 e. The molecule has 1 heterocycles. The maximum absolute atomic E-state index is 12.5. The molecule has 4 aromatic rings. The SMILES string of the molecule is COc1cc(C=NNC(=O)Cc2nnc(NC(=O)c3ccc(C)cc3)s2)ccc1OS(=O)(=O)c1ccccc1. The van der Waals surface area contributed by atoms with Gasteiger partial charge < -0.3 is 8.92 Å². The molecule has 4 rings (SSSR count). The predicted molar refractivity (Wildman–Crippen MR) is 146 cm³/mol. The fourth-order valence-corrected chi connectivity index (χ4v) is 4.89. The highest BCUT2D eigenvalue weighted by Crippen LogP contribution is 2.30. The first-order valence-electron chi connectivity index (χ1n) is 11.4. The largest absolute Gasteiger partial charge is 0.493 e. The summed E-state index contributed by atoms with van der Waals surface area (Å²) in [6.45, 7) is 1.93. The number of amides is 2. The van der Waals surface area contributed by atoms with E-state index in [-0.39, 0.29) is 33.9 Å². The lowest BCUT2D eigenvalue weighted by Gasteiger charge is -2.11. The molecular formula is C26H23N5O6S2. The number of ether oxygens (including phenoxy) is 1. The number of aromatic nitrogens is 2. The van der Waals surface area contributed by atoms with Gasteiger partial charge in [-0.2, -0.15) is 13.5 Å². The van der Waals surface area contributed by atoms with E-state index in [1.165, 1.54) is 37.6 Å². The Morgan fingerprint density at radius 1 is 1.00 bits per heavy atom. The van der Waals surface area contributed by atoms with Crippen molar-refractivity contribution in [3.05, 3.63) is 94.5 Å². The average Bonchev–Trinajstić information content (AvgIpc) is 3.36. The number of nitrogens with zero attached hydrogens (tertiary/aromatic N) is 3. The first-order valence-corrected chi connectivity index (χ1v) is 13.7. The van der Waals surface area contributed by atoms with Gasteiger partial charge in [0, 0.05) is 5.56 Å². The van der Waals surface area contributed by atoms with Crippen molar-refractivity contribution in [1.29, 1.82) is 0 Å². The monoisotopic (exact) mass is 565 g/mol. The minimum atomic E-state index is -4.04. The van der Waals surface area contributed by atoms with Gasteiger partial charge in [0.15, 0.2) is 11.5 Å². The van der Waals surface area contributed by atoms with Gasteiger partial charge in [0.2, 0.25) is 11.0 Å². The topological polar surface area (TPSA) is 149 Å². The van der Waals surface area contributed by atoms with Gasteiger partial charge in [-0.3, -0.25) is 14.9 Å². The highest BCUT2D eigenvalue weighted by atomic mass is 32.2. The van der Waals surface area contributed by atoms with Gasteiger partial charge in [0.05, 0.1) is 19.7 Å². The Hall–Kier alpha value is -4.62. The van der Waals surface area contributed by atoms with Gasteiger partial charge in [-0.1, -0.05) is 47.2 Å². The molecule has 0 unspecified atom stereocenters. The van der Waals surface area contributed by atoms with Gasteiger partial charge in [0.25, 0.3) is 5.91 Å². The summed E-state index contributed by atoms with van der Waals surface area (Å²) in [5, 5.41) is 15.1. The summed E-state index contributed by atoms with van der Waals surface area (Å²) in [5.41, 5.74) is 4.43. The van der Waals surface area contributed by atoms with E-state index in [4.69, 9.17) is 8.92 Å². The number of benzene rings is 3. The first kappa shape index (κ1) is 27.4. The van der Waals surface area contributed by atoms with Crippen molar-refractivity contribution in [2.75, 3.05) is 12.4 Å². The molecule has 1 aromatic heterocycles. The van der Waals surface area contributed by atoms with Crippen molar-refractivity contribution in [2.45, 2.75) is 18.2 Å². The molecule has 0 atom stereocenters. The van der Waals surface area contributed by atoms with Crippen LogP contribution in [0.2, 0.25) is 0 Å². The molecule has 0 spiro atoms. The summed E-state index contributed by atoms with van der Waals surface area (Å²) >= 11 is 1.08. The second-order valence-corrected chi connectivity index (χ2v) is 10.7. The zero-order valence-corrected chi connectivity index (χ0v) is 22.5. The van der Waals surface area contributed by atoms with Crippen LogP contribution in [0.4, 0.5) is 5.13 Å². The molecule has 39 heavy (non-hydrogen) atoms. The molecule has 2 N–H and O–H groups in total. The van der Waals surface area contributed by atoms with Crippen LogP contribution in [-0.2, 0) is 21.3 Å². The van der Waals surface area contributed by atoms with Gasteiger partial charge in [-0.15, -0.1) is 10.2 Å². The van der Waals surface area contributed by atoms with Crippen molar-refractivity contribution in [2.24, 2.45) is 5.10 Å². The molecule has 0 saturated heterocycles. The van der Waals surface area contributed by atoms with Crippen LogP contribution in [0, 0.1) is 6.92 Å². The number of carbonyl (C=O) groups excluding carboxylic acids is 2. The minimum absolute atomic E-state index is 0.00378. The predicted octanol–water partition coefficient (Wildman–Crippen LogP) is 3.57. The third-order valence-corrected chi connectivity index (χ3v) is 7.22. The molecule has 2 amide bonds. The van der Waals surface area contributed by atoms with Gasteiger partial charge >= 0.3 is 10.1 Å². The molecule has 200 valence electrons. The molecule has 3 aromatic carbocycles. The molecule has 0 aliphatic rings. The maximum atomic E-state index is 12.5. The Morgan fingerprint density at radius 2 is 1.74 bits per heavy atom. The lowest BCUT2D eigenvalue weighted by atomic mass is 10.1. The quantitative estimate of drug-likeness (QED) is 0.168. The summed E-state index contributed by atoms with van der Waals surface area (Å²) in [6, 6.07) is 19.3. The van der Waals surface area contributed by atoms with Crippen LogP contribution in [0.25, 0.3) is 0 Å². The summed E-state index contributed by atoms with van der Waals surface area (Å²) in [5.74, 6) is -0.598. The molecule has 0 radical (unpaired) electrons. The number of hydrogen-bond acceptors (Lipinski definition) is 10. The number of hydrazone groups is 1. The maximum Gasteiger partial charge on any atom is 0.339 e. The molecule has 0 saturated carbocycles. The van der Waals surface area contributed by atoms with E-state index in [0.29, 0.717) is 16.1 Å². The highest BCUT2D eigenvalue weighted by molar-refractivity contribution is 7.87. The summed E-state index contributed by atoms with van der Waals surface area (Å²) in [7, 11) is -2.67. The van der Waals surface area contributed by atoms with Crippen molar-refractivity contribution < 1.29 is 26.9 Å². The van der Waals surface area contributed by atoms with Gasteiger partial charge in [-0.25, -0.2) is 5.43 Å². The Morgan fingerprint density at radius 3 is 2.46 bits per heavy atom. The molecule has 0 fully saturated rings. The number of rotatable bonds is 10. The highest BCUT2D eigenvalue weighted by Gasteiger charge is 2.19. The van der Waals surface area contributed by atoms with Crippen LogP contribution in [0.1, 0.15) is 26.5 Å². The van der Waals surface area contributed by atoms with Gasteiger partial charge in [0.1, 0.15) is 9.90 Å². The zero-order chi connectivity index (χ0) is 27.8. The van der Waals surface area contributed by atoms with Crippen LogP contribution in [0.15, 0.2) is 82.8 Å². The first-order chi connectivity index (χ1) is 18.7. The molecule has 0 aliphatic heterocycles. The second kappa shape index (κ2) is 12.3. The fraction of sp³-hybridized carbons (Fsp3) is 0.115. The Balaban J connectivity index is 1.32. The average molecular weight is 566 g/mol. The molecule has 11 nitrogen and oxygen atoms in total. The van der Waals surface area contributed by atoms with Crippen molar-refractivity contribution in [3.63, 3.8) is 0 Å². The lowest BCUT2D eigenvalue weighted by Crippen LogP contribution is -2.19. The normalized spacial score (nSPS) is 11.2. The van der Waals surface area contributed by atoms with Crippen molar-refractivity contribution in [3.8, 4) is 11.5 Å². The van der Waals surface area contributed by atoms with Crippen LogP contribution in [0.5, 0.6) is 11.5 Å². The number of methoxy groups -OCH3 is 1. The number of nitrogens with one attached hydrogen (secondary N) is 2. The third-order valence-electron chi connectivity index (χ3n) is 5.13. The summed E-state index contributed by atoms with van der Waals surface area (Å²) in [4.78, 5) is 24.6. The number of carbonyl (C=O) groups is 2. The Kier molecular flexibility index (Phi) is 8.63.